The van der Waals surface area contributed by atoms with E-state index >= 15 is 0 Å². The van der Waals surface area contributed by atoms with Gasteiger partial charge in [0.1, 0.15) is 0 Å². The lowest BCUT2D eigenvalue weighted by Gasteiger charge is -1.97. The van der Waals surface area contributed by atoms with Crippen LogP contribution in [-0.2, 0) is 6.18 Å². The zero-order chi connectivity index (χ0) is 13.3. The molecule has 0 aliphatic heterocycles. The van der Waals surface area contributed by atoms with E-state index in [1.807, 2.05) is 0 Å². The van der Waals surface area contributed by atoms with E-state index < -0.39 is 18.0 Å². The molecule has 0 saturated carbocycles. The van der Waals surface area contributed by atoms with Crippen LogP contribution in [0.25, 0.3) is 0 Å². The second-order valence-corrected chi connectivity index (χ2v) is 4.91. The second kappa shape index (κ2) is 4.61. The molecule has 0 atom stereocenters. The Morgan fingerprint density at radius 3 is 2.67 bits per heavy atom. The van der Waals surface area contributed by atoms with Crippen LogP contribution >= 0.6 is 23.3 Å². The number of rotatable bonds is 3. The maximum Gasteiger partial charge on any atom is 0.452 e. The highest BCUT2D eigenvalue weighted by molar-refractivity contribution is 8.00. The van der Waals surface area contributed by atoms with Crippen molar-refractivity contribution in [3.05, 3.63) is 23.7 Å². The van der Waals surface area contributed by atoms with Crippen LogP contribution in [-0.4, -0.2) is 20.4 Å². The largest absolute Gasteiger partial charge is 0.475 e. The molecule has 2 aromatic rings. The minimum Gasteiger partial charge on any atom is -0.475 e. The average Bonchev–Trinajstić information content (AvgIpc) is 2.85. The zero-order valence-electron chi connectivity index (χ0n) is 8.26. The molecular weight excluding hydrogens is 293 g/mol. The van der Waals surface area contributed by atoms with Crippen LogP contribution in [0, 0.1) is 0 Å². The molecule has 0 unspecified atom stereocenters. The van der Waals surface area contributed by atoms with Gasteiger partial charge in [0.15, 0.2) is 9.43 Å². The average molecular weight is 296 g/mol. The predicted molar refractivity (Wildman–Crippen MR) is 54.7 cm³/mol. The first-order chi connectivity index (χ1) is 8.36. The number of hydrogen-bond acceptors (Lipinski definition) is 6. The van der Waals surface area contributed by atoms with Crippen molar-refractivity contribution in [1.82, 2.24) is 9.36 Å². The lowest BCUT2D eigenvalue weighted by Crippen LogP contribution is -2.06. The molecule has 18 heavy (non-hydrogen) atoms. The van der Waals surface area contributed by atoms with E-state index in [-0.39, 0.29) is 15.2 Å². The third-order valence-corrected chi connectivity index (χ3v) is 3.31. The molecule has 0 bridgehead atoms. The van der Waals surface area contributed by atoms with E-state index in [2.05, 4.69) is 9.36 Å². The van der Waals surface area contributed by atoms with Crippen molar-refractivity contribution >= 4 is 29.3 Å². The summed E-state index contributed by atoms with van der Waals surface area (Å²) in [6, 6.07) is 2.54. The summed E-state index contributed by atoms with van der Waals surface area (Å²) in [6.45, 7) is 0. The van der Waals surface area contributed by atoms with Crippen LogP contribution < -0.4 is 0 Å². The first-order valence-corrected chi connectivity index (χ1v) is 5.87. The van der Waals surface area contributed by atoms with Crippen molar-refractivity contribution in [2.75, 3.05) is 0 Å². The number of aromatic carboxylic acids is 1. The number of alkyl halides is 3. The Hall–Kier alpha value is -1.55. The van der Waals surface area contributed by atoms with Gasteiger partial charge in [-0.3, -0.25) is 0 Å². The van der Waals surface area contributed by atoms with Gasteiger partial charge in [-0.1, -0.05) is 0 Å². The third kappa shape index (κ3) is 2.82. The SMILES string of the molecule is O=C(O)c1ccc(Sc2nc(C(F)(F)F)ns2)o1. The van der Waals surface area contributed by atoms with Crippen LogP contribution in [0.4, 0.5) is 13.2 Å². The van der Waals surface area contributed by atoms with E-state index in [1.165, 1.54) is 12.1 Å². The van der Waals surface area contributed by atoms with Gasteiger partial charge in [-0.2, -0.15) is 17.5 Å². The number of carboxylic acid groups (broad SMARTS) is 1. The molecule has 96 valence electrons. The fraction of sp³-hybridized carbons (Fsp3) is 0.125. The molecule has 2 aromatic heterocycles. The Morgan fingerprint density at radius 1 is 1.44 bits per heavy atom. The van der Waals surface area contributed by atoms with Crippen molar-refractivity contribution in [2.45, 2.75) is 15.6 Å². The molecule has 0 saturated heterocycles. The summed E-state index contributed by atoms with van der Waals surface area (Å²) in [6.07, 6.45) is -4.59. The van der Waals surface area contributed by atoms with E-state index in [4.69, 9.17) is 9.52 Å². The molecule has 1 N–H and O–H groups in total. The van der Waals surface area contributed by atoms with Crippen molar-refractivity contribution in [2.24, 2.45) is 0 Å². The van der Waals surface area contributed by atoms with Crippen LogP contribution in [0.1, 0.15) is 16.4 Å². The van der Waals surface area contributed by atoms with Crippen LogP contribution in [0.2, 0.25) is 0 Å². The smallest absolute Gasteiger partial charge is 0.452 e. The summed E-state index contributed by atoms with van der Waals surface area (Å²) < 4.78 is 44.7. The second-order valence-electron chi connectivity index (χ2n) is 2.91. The normalized spacial score (nSPS) is 11.7. The number of aromatic nitrogens is 2. The molecule has 0 fully saturated rings. The van der Waals surface area contributed by atoms with Crippen molar-refractivity contribution in [3.8, 4) is 0 Å². The Bertz CT molecular complexity index is 578. The topological polar surface area (TPSA) is 76.2 Å². The highest BCUT2D eigenvalue weighted by Gasteiger charge is 2.36. The van der Waals surface area contributed by atoms with E-state index in [0.717, 1.165) is 11.8 Å². The lowest BCUT2D eigenvalue weighted by atomic mass is 10.5. The van der Waals surface area contributed by atoms with Gasteiger partial charge < -0.3 is 9.52 Å². The number of carboxylic acids is 1. The van der Waals surface area contributed by atoms with Crippen molar-refractivity contribution in [3.63, 3.8) is 0 Å². The standard InChI is InChI=1S/C8H3F3N2O3S2/c9-8(10,11)6-12-7(18-13-6)17-4-2-1-3(16-4)5(14)15/h1-2H,(H,14,15). The van der Waals surface area contributed by atoms with Crippen molar-refractivity contribution < 1.29 is 27.5 Å². The van der Waals surface area contributed by atoms with E-state index in [1.54, 1.807) is 0 Å². The first-order valence-electron chi connectivity index (χ1n) is 4.28. The van der Waals surface area contributed by atoms with Gasteiger partial charge in [-0.05, 0) is 35.4 Å². The monoisotopic (exact) mass is 296 g/mol. The number of carbonyl (C=O) groups is 1. The quantitative estimate of drug-likeness (QED) is 0.938. The summed E-state index contributed by atoms with van der Waals surface area (Å²) in [4.78, 5) is 13.8. The summed E-state index contributed by atoms with van der Waals surface area (Å²) in [5.41, 5.74) is 0. The Kier molecular flexibility index (Phi) is 3.30. The highest BCUT2D eigenvalue weighted by atomic mass is 32.2. The molecule has 0 aliphatic carbocycles. The lowest BCUT2D eigenvalue weighted by molar-refractivity contribution is -0.144. The number of nitrogens with zero attached hydrogens (tertiary/aromatic N) is 2. The van der Waals surface area contributed by atoms with Gasteiger partial charge in [0, 0.05) is 0 Å². The molecule has 10 heteroatoms. The zero-order valence-corrected chi connectivity index (χ0v) is 9.90. The minimum atomic E-state index is -4.59. The van der Waals surface area contributed by atoms with Crippen LogP contribution in [0.3, 0.4) is 0 Å². The number of furan rings is 1. The molecule has 0 amide bonds. The van der Waals surface area contributed by atoms with E-state index in [9.17, 15) is 18.0 Å². The van der Waals surface area contributed by atoms with Gasteiger partial charge in [0.05, 0.1) is 0 Å². The third-order valence-electron chi connectivity index (χ3n) is 1.64. The molecule has 0 spiro atoms. The predicted octanol–water partition coefficient (Wildman–Crippen LogP) is 3.00. The number of halogens is 3. The molecule has 0 radical (unpaired) electrons. The molecular formula is C8H3F3N2O3S2. The molecule has 2 rings (SSSR count). The maximum absolute atomic E-state index is 12.2. The van der Waals surface area contributed by atoms with Gasteiger partial charge in [-0.25, -0.2) is 9.78 Å². The maximum atomic E-state index is 12.2. The number of hydrogen-bond donors (Lipinski definition) is 1. The summed E-state index contributed by atoms with van der Waals surface area (Å²) in [5.74, 6) is -2.77. The first kappa shape index (κ1) is 12.9. The Labute approximate surface area is 106 Å². The summed E-state index contributed by atoms with van der Waals surface area (Å²) >= 11 is 1.34. The van der Waals surface area contributed by atoms with E-state index in [0.29, 0.717) is 11.5 Å². The van der Waals surface area contributed by atoms with Gasteiger partial charge in [-0.15, -0.1) is 0 Å². The summed E-state index contributed by atoms with van der Waals surface area (Å²) in [5, 5.41) is 8.73. The van der Waals surface area contributed by atoms with Crippen molar-refractivity contribution in [1.29, 1.82) is 0 Å². The van der Waals surface area contributed by atoms with Gasteiger partial charge in [0.2, 0.25) is 11.6 Å². The fourth-order valence-electron chi connectivity index (χ4n) is 0.942. The van der Waals surface area contributed by atoms with Gasteiger partial charge in [0.25, 0.3) is 0 Å². The molecule has 0 aromatic carbocycles. The molecule has 0 aliphatic rings. The Morgan fingerprint density at radius 2 is 2.17 bits per heavy atom. The summed E-state index contributed by atoms with van der Waals surface area (Å²) in [7, 11) is 0. The van der Waals surface area contributed by atoms with Gasteiger partial charge >= 0.3 is 12.1 Å². The minimum absolute atomic E-state index is 0.0219. The van der Waals surface area contributed by atoms with Crippen LogP contribution in [0.5, 0.6) is 0 Å². The fourth-order valence-corrected chi connectivity index (χ4v) is 2.46. The molecule has 5 nitrogen and oxygen atoms in total. The highest BCUT2D eigenvalue weighted by Crippen LogP contribution is 2.34. The van der Waals surface area contributed by atoms with Crippen LogP contribution in [0.15, 0.2) is 26.0 Å². The molecule has 2 heterocycles. The Balaban J connectivity index is 2.14.